The number of likely N-dealkylation sites (tertiary alicyclic amines) is 1. The van der Waals surface area contributed by atoms with Crippen molar-refractivity contribution < 1.29 is 14.3 Å². The fourth-order valence-electron chi connectivity index (χ4n) is 4.68. The third-order valence-electron chi connectivity index (χ3n) is 6.57. The summed E-state index contributed by atoms with van der Waals surface area (Å²) in [5.41, 5.74) is -0.482. The van der Waals surface area contributed by atoms with Crippen molar-refractivity contribution >= 4 is 18.0 Å². The van der Waals surface area contributed by atoms with Crippen molar-refractivity contribution in [2.75, 3.05) is 33.2 Å². The van der Waals surface area contributed by atoms with E-state index in [9.17, 15) is 9.59 Å². The van der Waals surface area contributed by atoms with Gasteiger partial charge in [0.1, 0.15) is 5.60 Å². The molecule has 0 aromatic heterocycles. The lowest BCUT2D eigenvalue weighted by molar-refractivity contribution is -0.120. The van der Waals surface area contributed by atoms with Crippen LogP contribution in [0.1, 0.15) is 78.6 Å². The summed E-state index contributed by atoms with van der Waals surface area (Å²) in [5.74, 6) is 1.42. The van der Waals surface area contributed by atoms with E-state index in [2.05, 4.69) is 20.5 Å². The second kappa shape index (κ2) is 11.2. The number of nitrogens with one attached hydrogen (secondary N) is 2. The Bertz CT molecular complexity index is 657. The normalized spacial score (nSPS) is 21.2. The Morgan fingerprint density at radius 2 is 1.69 bits per heavy atom. The smallest absolute Gasteiger partial charge is 0.410 e. The van der Waals surface area contributed by atoms with Gasteiger partial charge in [-0.1, -0.05) is 19.3 Å². The van der Waals surface area contributed by atoms with Crippen molar-refractivity contribution in [3.63, 3.8) is 0 Å². The predicted octanol–water partition coefficient (Wildman–Crippen LogP) is 3.12. The Kier molecular flexibility index (Phi) is 8.65. The molecule has 0 bridgehead atoms. The molecule has 0 radical (unpaired) electrons. The number of nitrogens with zero attached hydrogens (tertiary/aromatic N) is 3. The summed E-state index contributed by atoms with van der Waals surface area (Å²) in [4.78, 5) is 33.7. The molecule has 2 saturated carbocycles. The van der Waals surface area contributed by atoms with Gasteiger partial charge in [-0.25, -0.2) is 4.79 Å². The number of aliphatic imine (C=N–C) groups is 1. The van der Waals surface area contributed by atoms with Gasteiger partial charge in [0.25, 0.3) is 0 Å². The van der Waals surface area contributed by atoms with Crippen LogP contribution in [0.15, 0.2) is 4.99 Å². The Balaban J connectivity index is 1.46. The van der Waals surface area contributed by atoms with Gasteiger partial charge < -0.3 is 25.2 Å². The molecule has 2 N–H and O–H groups in total. The highest BCUT2D eigenvalue weighted by molar-refractivity contribution is 5.86. The topological polar surface area (TPSA) is 86.3 Å². The number of hydrogen-bond donors (Lipinski definition) is 2. The Morgan fingerprint density at radius 3 is 2.25 bits per heavy atom. The van der Waals surface area contributed by atoms with E-state index in [1.165, 1.54) is 32.1 Å². The predicted molar refractivity (Wildman–Crippen MR) is 127 cm³/mol. The van der Waals surface area contributed by atoms with Gasteiger partial charge >= 0.3 is 6.09 Å². The minimum absolute atomic E-state index is 0.0356. The third kappa shape index (κ3) is 7.85. The monoisotopic (exact) mass is 449 g/mol. The van der Waals surface area contributed by atoms with E-state index in [1.54, 1.807) is 7.05 Å². The zero-order valence-corrected chi connectivity index (χ0v) is 20.5. The SMILES string of the molecule is CN=C(NCC(=O)NC1CCCCC1)N1CCC(N(CC2CC2)C(=O)OC(C)(C)C)CC1. The first kappa shape index (κ1) is 24.6. The Hall–Kier alpha value is -1.99. The molecular weight excluding hydrogens is 406 g/mol. The van der Waals surface area contributed by atoms with Crippen molar-refractivity contribution in [2.45, 2.75) is 96.2 Å². The number of rotatable bonds is 6. The highest BCUT2D eigenvalue weighted by Gasteiger charge is 2.35. The summed E-state index contributed by atoms with van der Waals surface area (Å²) in [6.45, 7) is 8.41. The average molecular weight is 450 g/mol. The molecule has 0 aromatic carbocycles. The van der Waals surface area contributed by atoms with Crippen molar-refractivity contribution in [1.82, 2.24) is 20.4 Å². The van der Waals surface area contributed by atoms with E-state index >= 15 is 0 Å². The molecule has 3 aliphatic rings. The number of guanidine groups is 1. The Morgan fingerprint density at radius 1 is 1.03 bits per heavy atom. The van der Waals surface area contributed by atoms with E-state index in [1.807, 2.05) is 25.7 Å². The molecule has 0 unspecified atom stereocenters. The van der Waals surface area contributed by atoms with Crippen LogP contribution in [0.4, 0.5) is 4.79 Å². The summed E-state index contributed by atoms with van der Waals surface area (Å²) < 4.78 is 5.70. The van der Waals surface area contributed by atoms with Crippen LogP contribution in [0.2, 0.25) is 0 Å². The minimum atomic E-state index is -0.482. The quantitative estimate of drug-likeness (QED) is 0.481. The summed E-state index contributed by atoms with van der Waals surface area (Å²) in [6, 6.07) is 0.510. The van der Waals surface area contributed by atoms with E-state index < -0.39 is 5.60 Å². The molecule has 3 fully saturated rings. The lowest BCUT2D eigenvalue weighted by Crippen LogP contribution is -2.53. The van der Waals surface area contributed by atoms with Crippen molar-refractivity contribution in [2.24, 2.45) is 10.9 Å². The zero-order chi connectivity index (χ0) is 23.1. The molecule has 0 aromatic rings. The first-order chi connectivity index (χ1) is 15.2. The molecule has 1 heterocycles. The second-order valence-electron chi connectivity index (χ2n) is 10.6. The number of piperidine rings is 1. The highest BCUT2D eigenvalue weighted by atomic mass is 16.6. The van der Waals surface area contributed by atoms with Gasteiger partial charge in [0, 0.05) is 38.8 Å². The van der Waals surface area contributed by atoms with Gasteiger partial charge in [-0.3, -0.25) is 9.79 Å². The second-order valence-corrected chi connectivity index (χ2v) is 10.6. The van der Waals surface area contributed by atoms with Crippen LogP contribution in [0.25, 0.3) is 0 Å². The number of amides is 2. The molecule has 182 valence electrons. The molecule has 1 aliphatic heterocycles. The largest absolute Gasteiger partial charge is 0.444 e. The van der Waals surface area contributed by atoms with E-state index in [4.69, 9.17) is 4.74 Å². The molecule has 2 aliphatic carbocycles. The lowest BCUT2D eigenvalue weighted by atomic mass is 9.95. The van der Waals surface area contributed by atoms with E-state index in [0.29, 0.717) is 12.0 Å². The van der Waals surface area contributed by atoms with Gasteiger partial charge in [-0.2, -0.15) is 0 Å². The van der Waals surface area contributed by atoms with Crippen LogP contribution in [0.3, 0.4) is 0 Å². The van der Waals surface area contributed by atoms with Crippen molar-refractivity contribution in [1.29, 1.82) is 0 Å². The van der Waals surface area contributed by atoms with Gasteiger partial charge in [0.05, 0.1) is 6.54 Å². The van der Waals surface area contributed by atoms with Crippen molar-refractivity contribution in [3.8, 4) is 0 Å². The third-order valence-corrected chi connectivity index (χ3v) is 6.57. The van der Waals surface area contributed by atoms with Crippen LogP contribution in [0.5, 0.6) is 0 Å². The number of ether oxygens (including phenoxy) is 1. The number of carbonyl (C=O) groups is 2. The summed E-state index contributed by atoms with van der Waals surface area (Å²) in [5, 5.41) is 6.37. The summed E-state index contributed by atoms with van der Waals surface area (Å²) in [6.07, 6.45) is 9.83. The molecule has 8 heteroatoms. The molecular formula is C24H43N5O3. The number of hydrogen-bond acceptors (Lipinski definition) is 4. The number of carbonyl (C=O) groups excluding carboxylic acids is 2. The Labute approximate surface area is 193 Å². The molecule has 8 nitrogen and oxygen atoms in total. The van der Waals surface area contributed by atoms with Gasteiger partial charge in [-0.15, -0.1) is 0 Å². The van der Waals surface area contributed by atoms with Crippen molar-refractivity contribution in [3.05, 3.63) is 0 Å². The zero-order valence-electron chi connectivity index (χ0n) is 20.5. The maximum atomic E-state index is 12.8. The molecule has 2 amide bonds. The van der Waals surface area contributed by atoms with Gasteiger partial charge in [0.2, 0.25) is 5.91 Å². The summed E-state index contributed by atoms with van der Waals surface area (Å²) in [7, 11) is 1.76. The van der Waals surface area contributed by atoms with Crippen LogP contribution in [0, 0.1) is 5.92 Å². The lowest BCUT2D eigenvalue weighted by Gasteiger charge is -2.40. The maximum Gasteiger partial charge on any atom is 0.410 e. The fourth-order valence-corrected chi connectivity index (χ4v) is 4.68. The van der Waals surface area contributed by atoms with E-state index in [-0.39, 0.29) is 24.6 Å². The highest BCUT2D eigenvalue weighted by Crippen LogP contribution is 2.32. The van der Waals surface area contributed by atoms with Crippen LogP contribution in [-0.4, -0.2) is 78.7 Å². The maximum absolute atomic E-state index is 12.8. The average Bonchev–Trinajstić information content (AvgIpc) is 3.57. The molecule has 32 heavy (non-hydrogen) atoms. The fraction of sp³-hybridized carbons (Fsp3) is 0.875. The molecule has 0 atom stereocenters. The standard InChI is InChI=1S/C24H43N5O3/c1-24(2,3)32-23(31)29(17-18-10-11-18)20-12-14-28(15-13-20)22(25-4)26-16-21(30)27-19-8-6-5-7-9-19/h18-20H,5-17H2,1-4H3,(H,25,26)(H,27,30). The molecule has 3 rings (SSSR count). The van der Waals surface area contributed by atoms with Crippen LogP contribution >= 0.6 is 0 Å². The molecule has 1 saturated heterocycles. The van der Waals surface area contributed by atoms with Crippen LogP contribution < -0.4 is 10.6 Å². The molecule has 0 spiro atoms. The van der Waals surface area contributed by atoms with Gasteiger partial charge in [-0.05, 0) is 65.2 Å². The van der Waals surface area contributed by atoms with Gasteiger partial charge in [0.15, 0.2) is 5.96 Å². The minimum Gasteiger partial charge on any atom is -0.444 e. The van der Waals surface area contributed by atoms with Crippen LogP contribution in [-0.2, 0) is 9.53 Å². The first-order valence-corrected chi connectivity index (χ1v) is 12.5. The summed E-state index contributed by atoms with van der Waals surface area (Å²) >= 11 is 0. The van der Waals surface area contributed by atoms with E-state index in [0.717, 1.165) is 51.3 Å². The first-order valence-electron chi connectivity index (χ1n) is 12.5.